The standard InChI is InChI=1S/C10H20O2S/c1-8(2)6-5-7-12-9(11)10(3,4)13/h8,13H,5-7H2,1-4H3. The molecule has 0 amide bonds. The van der Waals surface area contributed by atoms with Crippen LogP contribution in [0.3, 0.4) is 0 Å². The van der Waals surface area contributed by atoms with Crippen molar-refractivity contribution < 1.29 is 9.53 Å². The summed E-state index contributed by atoms with van der Waals surface area (Å²) in [5.74, 6) is 0.433. The van der Waals surface area contributed by atoms with Gasteiger partial charge in [0.05, 0.1) is 6.61 Å². The van der Waals surface area contributed by atoms with Crippen LogP contribution in [0.1, 0.15) is 40.5 Å². The first-order valence-electron chi connectivity index (χ1n) is 4.73. The van der Waals surface area contributed by atoms with Crippen molar-refractivity contribution in [2.24, 2.45) is 5.92 Å². The second kappa shape index (κ2) is 5.53. The summed E-state index contributed by atoms with van der Waals surface area (Å²) < 4.78 is 4.37. The average molecular weight is 204 g/mol. The number of esters is 1. The summed E-state index contributed by atoms with van der Waals surface area (Å²) in [4.78, 5) is 11.2. The molecule has 0 radical (unpaired) electrons. The minimum atomic E-state index is -0.669. The van der Waals surface area contributed by atoms with E-state index in [-0.39, 0.29) is 5.97 Å². The maximum absolute atomic E-state index is 11.2. The van der Waals surface area contributed by atoms with Gasteiger partial charge in [0.15, 0.2) is 0 Å². The Hall–Kier alpha value is -0.180. The van der Waals surface area contributed by atoms with Gasteiger partial charge >= 0.3 is 5.97 Å². The van der Waals surface area contributed by atoms with E-state index in [1.54, 1.807) is 13.8 Å². The Kier molecular flexibility index (Phi) is 5.45. The second-order valence-corrected chi connectivity index (χ2v) is 5.35. The van der Waals surface area contributed by atoms with Crippen molar-refractivity contribution in [3.05, 3.63) is 0 Å². The van der Waals surface area contributed by atoms with E-state index in [1.807, 2.05) is 0 Å². The number of carbonyl (C=O) groups is 1. The van der Waals surface area contributed by atoms with E-state index in [2.05, 4.69) is 26.5 Å². The van der Waals surface area contributed by atoms with Crippen molar-refractivity contribution in [3.8, 4) is 0 Å². The van der Waals surface area contributed by atoms with Gasteiger partial charge in [-0.25, -0.2) is 0 Å². The summed E-state index contributed by atoms with van der Waals surface area (Å²) in [6.07, 6.45) is 2.04. The van der Waals surface area contributed by atoms with Crippen LogP contribution in [0, 0.1) is 5.92 Å². The molecular formula is C10H20O2S. The van der Waals surface area contributed by atoms with Gasteiger partial charge in [0, 0.05) is 0 Å². The van der Waals surface area contributed by atoms with E-state index in [4.69, 9.17) is 4.74 Å². The number of carbonyl (C=O) groups excluding carboxylic acids is 1. The van der Waals surface area contributed by atoms with Gasteiger partial charge in [-0.1, -0.05) is 13.8 Å². The Morgan fingerprint density at radius 3 is 2.38 bits per heavy atom. The summed E-state index contributed by atoms with van der Waals surface area (Å²) in [5.41, 5.74) is 0. The molecule has 0 aliphatic rings. The van der Waals surface area contributed by atoms with Crippen LogP contribution in [0.25, 0.3) is 0 Å². The van der Waals surface area contributed by atoms with Crippen LogP contribution in [0.2, 0.25) is 0 Å². The highest BCUT2D eigenvalue weighted by Crippen LogP contribution is 2.14. The summed E-state index contributed by atoms with van der Waals surface area (Å²) in [6, 6.07) is 0. The molecule has 0 spiro atoms. The summed E-state index contributed by atoms with van der Waals surface area (Å²) in [6.45, 7) is 8.30. The predicted octanol–water partition coefficient (Wildman–Crippen LogP) is 2.67. The maximum Gasteiger partial charge on any atom is 0.321 e. The predicted molar refractivity (Wildman–Crippen MR) is 58.1 cm³/mol. The lowest BCUT2D eigenvalue weighted by atomic mass is 10.1. The fraction of sp³-hybridized carbons (Fsp3) is 0.900. The lowest BCUT2D eigenvalue weighted by Gasteiger charge is -2.15. The van der Waals surface area contributed by atoms with E-state index in [0.29, 0.717) is 12.5 Å². The molecule has 0 N–H and O–H groups in total. The van der Waals surface area contributed by atoms with Crippen molar-refractivity contribution in [2.45, 2.75) is 45.3 Å². The van der Waals surface area contributed by atoms with Gasteiger partial charge < -0.3 is 4.74 Å². The Morgan fingerprint density at radius 2 is 2.00 bits per heavy atom. The van der Waals surface area contributed by atoms with Crippen LogP contribution in [-0.4, -0.2) is 17.3 Å². The van der Waals surface area contributed by atoms with Crippen LogP contribution in [0.5, 0.6) is 0 Å². The molecular weight excluding hydrogens is 184 g/mol. The number of rotatable bonds is 5. The third-order valence-corrected chi connectivity index (χ3v) is 1.84. The third kappa shape index (κ3) is 6.94. The highest BCUT2D eigenvalue weighted by Gasteiger charge is 2.23. The lowest BCUT2D eigenvalue weighted by molar-refractivity contribution is -0.145. The molecule has 0 unspecified atom stereocenters. The Labute approximate surface area is 86.5 Å². The Balaban J connectivity index is 3.49. The first-order valence-corrected chi connectivity index (χ1v) is 5.18. The molecule has 0 aromatic heterocycles. The smallest absolute Gasteiger partial charge is 0.321 e. The molecule has 0 bridgehead atoms. The maximum atomic E-state index is 11.2. The van der Waals surface area contributed by atoms with Gasteiger partial charge in [-0.2, -0.15) is 12.6 Å². The van der Waals surface area contributed by atoms with Gasteiger partial charge in [0.2, 0.25) is 0 Å². The monoisotopic (exact) mass is 204 g/mol. The lowest BCUT2D eigenvalue weighted by Crippen LogP contribution is -2.27. The Morgan fingerprint density at radius 1 is 1.46 bits per heavy atom. The molecule has 0 saturated heterocycles. The molecule has 0 atom stereocenters. The molecule has 3 heteroatoms. The number of thiol groups is 1. The molecule has 0 aliphatic heterocycles. The van der Waals surface area contributed by atoms with Crippen LogP contribution in [0.4, 0.5) is 0 Å². The molecule has 0 aliphatic carbocycles. The molecule has 0 aromatic carbocycles. The molecule has 0 heterocycles. The van der Waals surface area contributed by atoms with Gasteiger partial charge in [0.25, 0.3) is 0 Å². The molecule has 0 aromatic rings. The third-order valence-electron chi connectivity index (χ3n) is 1.66. The van der Waals surface area contributed by atoms with Gasteiger partial charge in [-0.3, -0.25) is 4.79 Å². The number of ether oxygens (including phenoxy) is 1. The van der Waals surface area contributed by atoms with E-state index < -0.39 is 4.75 Å². The van der Waals surface area contributed by atoms with E-state index in [9.17, 15) is 4.79 Å². The number of hydrogen-bond donors (Lipinski definition) is 1. The van der Waals surface area contributed by atoms with Crippen LogP contribution in [-0.2, 0) is 9.53 Å². The summed E-state index contributed by atoms with van der Waals surface area (Å²) in [7, 11) is 0. The van der Waals surface area contributed by atoms with Crippen LogP contribution in [0.15, 0.2) is 0 Å². The van der Waals surface area contributed by atoms with Crippen LogP contribution < -0.4 is 0 Å². The van der Waals surface area contributed by atoms with Gasteiger partial charge in [-0.15, -0.1) is 0 Å². The fourth-order valence-corrected chi connectivity index (χ4v) is 0.898. The highest BCUT2D eigenvalue weighted by molar-refractivity contribution is 7.82. The van der Waals surface area contributed by atoms with Crippen molar-refractivity contribution in [1.29, 1.82) is 0 Å². The first kappa shape index (κ1) is 12.8. The molecule has 0 fully saturated rings. The quantitative estimate of drug-likeness (QED) is 0.423. The van der Waals surface area contributed by atoms with E-state index in [1.165, 1.54) is 0 Å². The molecule has 2 nitrogen and oxygen atoms in total. The van der Waals surface area contributed by atoms with Crippen molar-refractivity contribution in [1.82, 2.24) is 0 Å². The topological polar surface area (TPSA) is 26.3 Å². The average Bonchev–Trinajstić information content (AvgIpc) is 1.95. The van der Waals surface area contributed by atoms with Crippen molar-refractivity contribution in [2.75, 3.05) is 6.61 Å². The first-order chi connectivity index (χ1) is 5.84. The Bertz CT molecular complexity index is 159. The fourth-order valence-electron chi connectivity index (χ4n) is 0.833. The van der Waals surface area contributed by atoms with E-state index >= 15 is 0 Å². The van der Waals surface area contributed by atoms with Crippen molar-refractivity contribution in [3.63, 3.8) is 0 Å². The summed E-state index contributed by atoms with van der Waals surface area (Å²) in [5, 5.41) is 0. The zero-order valence-corrected chi connectivity index (χ0v) is 9.86. The van der Waals surface area contributed by atoms with E-state index in [0.717, 1.165) is 12.8 Å². The normalized spacial score (nSPS) is 11.8. The van der Waals surface area contributed by atoms with Gasteiger partial charge in [0.1, 0.15) is 4.75 Å². The van der Waals surface area contributed by atoms with Gasteiger partial charge in [-0.05, 0) is 32.6 Å². The zero-order chi connectivity index (χ0) is 10.5. The minimum Gasteiger partial charge on any atom is -0.465 e. The molecule has 78 valence electrons. The van der Waals surface area contributed by atoms with Crippen LogP contribution >= 0.6 is 12.6 Å². The highest BCUT2D eigenvalue weighted by atomic mass is 32.1. The molecule has 0 rings (SSSR count). The molecule has 13 heavy (non-hydrogen) atoms. The zero-order valence-electron chi connectivity index (χ0n) is 8.96. The number of hydrogen-bond acceptors (Lipinski definition) is 3. The largest absolute Gasteiger partial charge is 0.465 e. The summed E-state index contributed by atoms with van der Waals surface area (Å²) >= 11 is 4.12. The SMILES string of the molecule is CC(C)CCCOC(=O)C(C)(C)S. The minimum absolute atomic E-state index is 0.236. The van der Waals surface area contributed by atoms with Crippen molar-refractivity contribution >= 4 is 18.6 Å². The molecule has 0 saturated carbocycles. The second-order valence-electron chi connectivity index (χ2n) is 4.23.